The number of aryl methyl sites for hydroxylation is 1. The topological polar surface area (TPSA) is 48.5 Å². The second-order valence-corrected chi connectivity index (χ2v) is 6.98. The Hall–Kier alpha value is -1.46. The normalized spacial score (nSPS) is 24.5. The molecular weight excluding hydrogens is 288 g/mol. The summed E-state index contributed by atoms with van der Waals surface area (Å²) >= 11 is 0. The van der Waals surface area contributed by atoms with E-state index < -0.39 is 0 Å². The Balaban J connectivity index is 1.56. The monoisotopic (exact) mass is 316 g/mol. The second kappa shape index (κ2) is 7.41. The van der Waals surface area contributed by atoms with E-state index in [4.69, 9.17) is 0 Å². The number of carbonyl (C=O) groups excluding carboxylic acids is 1. The molecule has 0 radical (unpaired) electrons. The molecule has 0 aliphatic carbocycles. The summed E-state index contributed by atoms with van der Waals surface area (Å²) < 4.78 is 0. The Bertz CT molecular complexity index is 540. The van der Waals surface area contributed by atoms with Crippen molar-refractivity contribution < 1.29 is 4.79 Å². The maximum atomic E-state index is 12.5. The lowest BCUT2D eigenvalue weighted by Crippen LogP contribution is -2.53. The number of pyridine rings is 1. The first kappa shape index (κ1) is 16.4. The minimum Gasteiger partial charge on any atom is -0.348 e. The van der Waals surface area contributed by atoms with Crippen LogP contribution in [0.1, 0.15) is 41.7 Å². The van der Waals surface area contributed by atoms with Gasteiger partial charge in [0.2, 0.25) is 0 Å². The first-order valence-corrected chi connectivity index (χ1v) is 8.78. The van der Waals surface area contributed by atoms with Crippen molar-refractivity contribution in [3.8, 4) is 0 Å². The van der Waals surface area contributed by atoms with E-state index in [1.807, 2.05) is 19.1 Å². The van der Waals surface area contributed by atoms with Crippen LogP contribution in [0.5, 0.6) is 0 Å². The molecule has 1 unspecified atom stereocenters. The zero-order chi connectivity index (χ0) is 16.2. The van der Waals surface area contributed by atoms with Gasteiger partial charge in [0.05, 0.1) is 5.56 Å². The number of carbonyl (C=O) groups is 1. The molecule has 5 nitrogen and oxygen atoms in total. The highest BCUT2D eigenvalue weighted by molar-refractivity contribution is 5.95. The zero-order valence-corrected chi connectivity index (χ0v) is 14.3. The summed E-state index contributed by atoms with van der Waals surface area (Å²) in [7, 11) is 2.20. The molecule has 0 aromatic carbocycles. The van der Waals surface area contributed by atoms with Crippen LogP contribution in [0.4, 0.5) is 0 Å². The summed E-state index contributed by atoms with van der Waals surface area (Å²) in [6.07, 6.45) is 6.48. The van der Waals surface area contributed by atoms with E-state index >= 15 is 0 Å². The van der Waals surface area contributed by atoms with E-state index in [9.17, 15) is 4.79 Å². The van der Waals surface area contributed by atoms with Gasteiger partial charge in [0.1, 0.15) is 0 Å². The molecule has 1 amide bonds. The van der Waals surface area contributed by atoms with Crippen molar-refractivity contribution in [1.82, 2.24) is 20.1 Å². The van der Waals surface area contributed by atoms with Crippen LogP contribution in [0.25, 0.3) is 0 Å². The summed E-state index contributed by atoms with van der Waals surface area (Å²) in [6, 6.07) is 4.63. The molecule has 3 heterocycles. The predicted molar refractivity (Wildman–Crippen MR) is 91.6 cm³/mol. The largest absolute Gasteiger partial charge is 0.348 e. The Morgan fingerprint density at radius 3 is 2.78 bits per heavy atom. The quantitative estimate of drug-likeness (QED) is 0.922. The van der Waals surface area contributed by atoms with Crippen LogP contribution < -0.4 is 5.32 Å². The van der Waals surface area contributed by atoms with E-state index in [0.717, 1.165) is 18.7 Å². The van der Waals surface area contributed by atoms with Crippen molar-refractivity contribution in [3.63, 3.8) is 0 Å². The zero-order valence-electron chi connectivity index (χ0n) is 14.3. The number of amides is 1. The van der Waals surface area contributed by atoms with Crippen molar-refractivity contribution in [3.05, 3.63) is 29.6 Å². The van der Waals surface area contributed by atoms with Crippen molar-refractivity contribution in [1.29, 1.82) is 0 Å². The van der Waals surface area contributed by atoms with E-state index in [-0.39, 0.29) is 11.9 Å². The Morgan fingerprint density at radius 2 is 2.04 bits per heavy atom. The molecule has 1 atom stereocenters. The summed E-state index contributed by atoms with van der Waals surface area (Å²) in [5.74, 6) is 0.0193. The molecule has 1 aromatic heterocycles. The van der Waals surface area contributed by atoms with E-state index in [1.165, 1.54) is 38.9 Å². The molecule has 126 valence electrons. The Labute approximate surface area is 139 Å². The van der Waals surface area contributed by atoms with E-state index in [2.05, 4.69) is 27.1 Å². The van der Waals surface area contributed by atoms with Gasteiger partial charge in [-0.05, 0) is 71.4 Å². The summed E-state index contributed by atoms with van der Waals surface area (Å²) in [6.45, 7) is 6.42. The maximum Gasteiger partial charge on any atom is 0.253 e. The van der Waals surface area contributed by atoms with Crippen LogP contribution in [0.3, 0.4) is 0 Å². The van der Waals surface area contributed by atoms with Gasteiger partial charge in [0.25, 0.3) is 5.91 Å². The maximum absolute atomic E-state index is 12.5. The number of nitrogens with zero attached hydrogens (tertiary/aromatic N) is 3. The van der Waals surface area contributed by atoms with Gasteiger partial charge >= 0.3 is 0 Å². The van der Waals surface area contributed by atoms with Crippen molar-refractivity contribution >= 4 is 5.91 Å². The Morgan fingerprint density at radius 1 is 1.26 bits per heavy atom. The van der Waals surface area contributed by atoms with Crippen LogP contribution in [-0.4, -0.2) is 66.0 Å². The van der Waals surface area contributed by atoms with Crippen LogP contribution in [0.15, 0.2) is 18.3 Å². The minimum absolute atomic E-state index is 0.0193. The number of hydrogen-bond donors (Lipinski definition) is 1. The highest BCUT2D eigenvalue weighted by Gasteiger charge is 2.29. The van der Waals surface area contributed by atoms with Crippen LogP contribution in [0.2, 0.25) is 0 Å². The number of nitrogens with one attached hydrogen (secondary N) is 1. The van der Waals surface area contributed by atoms with Gasteiger partial charge in [-0.2, -0.15) is 0 Å². The fourth-order valence-corrected chi connectivity index (χ4v) is 3.80. The summed E-state index contributed by atoms with van der Waals surface area (Å²) in [5.41, 5.74) is 1.50. The number of likely N-dealkylation sites (tertiary alicyclic amines) is 2. The van der Waals surface area contributed by atoms with Gasteiger partial charge in [-0.3, -0.25) is 14.7 Å². The van der Waals surface area contributed by atoms with Crippen LogP contribution >= 0.6 is 0 Å². The molecular formula is C18H28N4O. The standard InChI is InChI=1S/C18H28N4O/c1-14-17(6-3-9-19-14)18(23)20-15-5-4-10-22(13-15)16-7-11-21(2)12-8-16/h3,6,9,15-16H,4-5,7-8,10-13H2,1-2H3,(H,20,23). The lowest BCUT2D eigenvalue weighted by Gasteiger charge is -2.41. The summed E-state index contributed by atoms with van der Waals surface area (Å²) in [5, 5.41) is 3.22. The summed E-state index contributed by atoms with van der Waals surface area (Å²) in [4.78, 5) is 21.7. The molecule has 3 rings (SSSR count). The average Bonchev–Trinajstić information content (AvgIpc) is 2.56. The smallest absolute Gasteiger partial charge is 0.253 e. The fourth-order valence-electron chi connectivity index (χ4n) is 3.80. The SMILES string of the molecule is Cc1ncccc1C(=O)NC1CCCN(C2CCN(C)CC2)C1. The Kier molecular flexibility index (Phi) is 5.28. The molecule has 2 saturated heterocycles. The molecule has 0 spiro atoms. The molecule has 2 fully saturated rings. The van der Waals surface area contributed by atoms with Gasteiger partial charge in [0, 0.05) is 30.5 Å². The van der Waals surface area contributed by atoms with Gasteiger partial charge < -0.3 is 10.2 Å². The van der Waals surface area contributed by atoms with E-state index in [0.29, 0.717) is 11.6 Å². The lowest BCUT2D eigenvalue weighted by molar-refractivity contribution is 0.0765. The van der Waals surface area contributed by atoms with Crippen molar-refractivity contribution in [2.24, 2.45) is 0 Å². The van der Waals surface area contributed by atoms with Crippen LogP contribution in [0, 0.1) is 6.92 Å². The van der Waals surface area contributed by atoms with Crippen molar-refractivity contribution in [2.75, 3.05) is 33.2 Å². The number of hydrogen-bond acceptors (Lipinski definition) is 4. The minimum atomic E-state index is 0.0193. The van der Waals surface area contributed by atoms with Gasteiger partial charge in [-0.15, -0.1) is 0 Å². The lowest BCUT2D eigenvalue weighted by atomic mass is 9.98. The van der Waals surface area contributed by atoms with Crippen LogP contribution in [-0.2, 0) is 0 Å². The first-order chi connectivity index (χ1) is 11.1. The third-order valence-corrected chi connectivity index (χ3v) is 5.24. The van der Waals surface area contributed by atoms with Gasteiger partial charge in [-0.25, -0.2) is 0 Å². The average molecular weight is 316 g/mol. The van der Waals surface area contributed by atoms with Crippen molar-refractivity contribution in [2.45, 2.75) is 44.7 Å². The number of rotatable bonds is 3. The molecule has 0 bridgehead atoms. The molecule has 2 aliphatic rings. The molecule has 1 aromatic rings. The first-order valence-electron chi connectivity index (χ1n) is 8.78. The predicted octanol–water partition coefficient (Wildman–Crippen LogP) is 1.68. The highest BCUT2D eigenvalue weighted by Crippen LogP contribution is 2.20. The molecule has 2 aliphatic heterocycles. The fraction of sp³-hybridized carbons (Fsp3) is 0.667. The molecule has 1 N–H and O–H groups in total. The van der Waals surface area contributed by atoms with E-state index in [1.54, 1.807) is 6.20 Å². The molecule has 5 heteroatoms. The highest BCUT2D eigenvalue weighted by atomic mass is 16.1. The third kappa shape index (κ3) is 4.09. The second-order valence-electron chi connectivity index (χ2n) is 6.98. The number of piperidine rings is 2. The molecule has 23 heavy (non-hydrogen) atoms. The number of aromatic nitrogens is 1. The molecule has 0 saturated carbocycles. The third-order valence-electron chi connectivity index (χ3n) is 5.24. The van der Waals surface area contributed by atoms with Gasteiger partial charge in [-0.1, -0.05) is 0 Å². The van der Waals surface area contributed by atoms with Gasteiger partial charge in [0.15, 0.2) is 0 Å².